The summed E-state index contributed by atoms with van der Waals surface area (Å²) in [6.45, 7) is 2.88. The Morgan fingerprint density at radius 1 is 1.44 bits per heavy atom. The quantitative estimate of drug-likeness (QED) is 0.492. The number of hydrogen-bond donors (Lipinski definition) is 3. The maximum atomic E-state index is 11.7. The molecule has 0 bridgehead atoms. The minimum atomic E-state index is -1.01. The summed E-state index contributed by atoms with van der Waals surface area (Å²) in [6.07, 6.45) is 2.06. The second kappa shape index (κ2) is 9.85. The lowest BCUT2D eigenvalue weighted by Crippen LogP contribution is -2.41. The molecule has 0 saturated heterocycles. The summed E-state index contributed by atoms with van der Waals surface area (Å²) in [6, 6.07) is -0.845. The van der Waals surface area contributed by atoms with Crippen LogP contribution in [0, 0.1) is 5.92 Å². The van der Waals surface area contributed by atoms with Gasteiger partial charge in [-0.25, -0.2) is 4.79 Å². The minimum absolute atomic E-state index is 0.110. The van der Waals surface area contributed by atoms with Crippen LogP contribution in [-0.4, -0.2) is 43.3 Å². The Balaban J connectivity index is 4.14. The van der Waals surface area contributed by atoms with Gasteiger partial charge >= 0.3 is 5.97 Å². The zero-order valence-corrected chi connectivity index (χ0v) is 11.1. The fourth-order valence-electron chi connectivity index (χ4n) is 1.60. The highest BCUT2D eigenvalue weighted by Gasteiger charge is 2.20. The summed E-state index contributed by atoms with van der Waals surface area (Å²) >= 11 is 0. The van der Waals surface area contributed by atoms with E-state index in [9.17, 15) is 9.59 Å². The van der Waals surface area contributed by atoms with E-state index < -0.39 is 12.0 Å². The molecule has 0 spiro atoms. The molecule has 6 nitrogen and oxygen atoms in total. The van der Waals surface area contributed by atoms with Gasteiger partial charge in [-0.05, 0) is 25.3 Å². The number of carbonyl (C=O) groups is 2. The highest BCUT2D eigenvalue weighted by atomic mass is 16.5. The molecule has 0 aromatic rings. The molecule has 2 unspecified atom stereocenters. The molecule has 0 aromatic heterocycles. The molecule has 18 heavy (non-hydrogen) atoms. The standard InChI is InChI=1S/C12H24N2O4/c1-3-9(8-13)7-11(15)14-10(12(16)17)5-4-6-18-2/h9-10H,3-8,13H2,1-2H3,(H,14,15)(H,16,17). The molecule has 0 aliphatic heterocycles. The molecule has 0 rings (SSSR count). The average molecular weight is 260 g/mol. The predicted octanol–water partition coefficient (Wildman–Crippen LogP) is 0.357. The summed E-state index contributed by atoms with van der Waals surface area (Å²) in [7, 11) is 1.56. The van der Waals surface area contributed by atoms with Crippen molar-refractivity contribution in [3.05, 3.63) is 0 Å². The van der Waals surface area contributed by atoms with Gasteiger partial charge in [0.05, 0.1) is 0 Å². The molecule has 0 saturated carbocycles. The SMILES string of the molecule is CCC(CN)CC(=O)NC(CCCOC)C(=O)O. The maximum Gasteiger partial charge on any atom is 0.326 e. The Bertz CT molecular complexity index is 254. The van der Waals surface area contributed by atoms with Crippen LogP contribution in [-0.2, 0) is 14.3 Å². The van der Waals surface area contributed by atoms with Crippen LogP contribution in [0.4, 0.5) is 0 Å². The summed E-state index contributed by atoms with van der Waals surface area (Å²) in [5, 5.41) is 11.5. The van der Waals surface area contributed by atoms with Gasteiger partial charge in [-0.15, -0.1) is 0 Å². The van der Waals surface area contributed by atoms with Crippen molar-refractivity contribution in [2.75, 3.05) is 20.3 Å². The number of carbonyl (C=O) groups excluding carboxylic acids is 1. The first-order valence-corrected chi connectivity index (χ1v) is 6.26. The van der Waals surface area contributed by atoms with Crippen LogP contribution >= 0.6 is 0 Å². The van der Waals surface area contributed by atoms with E-state index in [1.807, 2.05) is 6.92 Å². The average Bonchev–Trinajstić information content (AvgIpc) is 2.34. The molecule has 0 aromatic carbocycles. The number of hydrogen-bond acceptors (Lipinski definition) is 4. The lowest BCUT2D eigenvalue weighted by Gasteiger charge is -2.17. The van der Waals surface area contributed by atoms with Crippen molar-refractivity contribution in [1.82, 2.24) is 5.32 Å². The van der Waals surface area contributed by atoms with E-state index in [2.05, 4.69) is 5.32 Å². The Labute approximate surface area is 108 Å². The van der Waals surface area contributed by atoms with Crippen molar-refractivity contribution in [3.8, 4) is 0 Å². The van der Waals surface area contributed by atoms with Crippen LogP contribution in [0.25, 0.3) is 0 Å². The Morgan fingerprint density at radius 3 is 2.56 bits per heavy atom. The van der Waals surface area contributed by atoms with E-state index in [4.69, 9.17) is 15.6 Å². The van der Waals surface area contributed by atoms with Crippen molar-refractivity contribution in [2.24, 2.45) is 11.7 Å². The molecule has 2 atom stereocenters. The fraction of sp³-hybridized carbons (Fsp3) is 0.833. The topological polar surface area (TPSA) is 102 Å². The minimum Gasteiger partial charge on any atom is -0.480 e. The van der Waals surface area contributed by atoms with Gasteiger partial charge in [0.25, 0.3) is 0 Å². The van der Waals surface area contributed by atoms with Crippen molar-refractivity contribution < 1.29 is 19.4 Å². The third-order valence-corrected chi connectivity index (χ3v) is 2.86. The normalized spacial score (nSPS) is 13.9. The third-order valence-electron chi connectivity index (χ3n) is 2.86. The Morgan fingerprint density at radius 2 is 2.11 bits per heavy atom. The molecule has 6 heteroatoms. The van der Waals surface area contributed by atoms with Crippen LogP contribution in [0.2, 0.25) is 0 Å². The second-order valence-corrected chi connectivity index (χ2v) is 4.31. The molecule has 4 N–H and O–H groups in total. The van der Waals surface area contributed by atoms with Gasteiger partial charge in [0, 0.05) is 20.1 Å². The van der Waals surface area contributed by atoms with Gasteiger partial charge in [0.2, 0.25) is 5.91 Å². The first-order chi connectivity index (χ1) is 8.54. The zero-order chi connectivity index (χ0) is 14.0. The molecule has 0 aliphatic carbocycles. The van der Waals surface area contributed by atoms with E-state index in [0.29, 0.717) is 26.0 Å². The van der Waals surface area contributed by atoms with Crippen LogP contribution in [0.1, 0.15) is 32.6 Å². The first-order valence-electron chi connectivity index (χ1n) is 6.26. The van der Waals surface area contributed by atoms with Crippen LogP contribution in [0.15, 0.2) is 0 Å². The number of methoxy groups -OCH3 is 1. The third kappa shape index (κ3) is 7.24. The summed E-state index contributed by atoms with van der Waals surface area (Å²) in [4.78, 5) is 22.6. The number of nitrogens with two attached hydrogens (primary N) is 1. The van der Waals surface area contributed by atoms with Crippen LogP contribution in [0.5, 0.6) is 0 Å². The van der Waals surface area contributed by atoms with Crippen LogP contribution in [0.3, 0.4) is 0 Å². The molecule has 0 fully saturated rings. The Kier molecular flexibility index (Phi) is 9.22. The van der Waals surface area contributed by atoms with E-state index in [-0.39, 0.29) is 18.2 Å². The van der Waals surface area contributed by atoms with Gasteiger partial charge in [-0.3, -0.25) is 4.79 Å². The zero-order valence-electron chi connectivity index (χ0n) is 11.1. The number of carboxylic acid groups (broad SMARTS) is 1. The largest absolute Gasteiger partial charge is 0.480 e. The van der Waals surface area contributed by atoms with E-state index >= 15 is 0 Å². The summed E-state index contributed by atoms with van der Waals surface area (Å²) < 4.78 is 4.85. The molecule has 1 amide bonds. The van der Waals surface area contributed by atoms with E-state index in [0.717, 1.165) is 6.42 Å². The van der Waals surface area contributed by atoms with Crippen molar-refractivity contribution in [3.63, 3.8) is 0 Å². The molecule has 0 heterocycles. The monoisotopic (exact) mass is 260 g/mol. The van der Waals surface area contributed by atoms with Gasteiger partial charge in [0.15, 0.2) is 0 Å². The number of nitrogens with one attached hydrogen (secondary N) is 1. The van der Waals surface area contributed by atoms with E-state index in [1.54, 1.807) is 7.11 Å². The maximum absolute atomic E-state index is 11.7. The number of carboxylic acids is 1. The lowest BCUT2D eigenvalue weighted by molar-refractivity contribution is -0.142. The number of rotatable bonds is 10. The molecule has 0 aliphatic rings. The highest BCUT2D eigenvalue weighted by Crippen LogP contribution is 2.07. The molecule has 106 valence electrons. The Hall–Kier alpha value is -1.14. The van der Waals surface area contributed by atoms with Crippen molar-refractivity contribution in [2.45, 2.75) is 38.6 Å². The van der Waals surface area contributed by atoms with Gasteiger partial charge in [0.1, 0.15) is 6.04 Å². The second-order valence-electron chi connectivity index (χ2n) is 4.31. The fourth-order valence-corrected chi connectivity index (χ4v) is 1.60. The molecule has 0 radical (unpaired) electrons. The van der Waals surface area contributed by atoms with Crippen molar-refractivity contribution >= 4 is 11.9 Å². The summed E-state index contributed by atoms with van der Waals surface area (Å²) in [5.41, 5.74) is 5.51. The first kappa shape index (κ1) is 16.9. The van der Waals surface area contributed by atoms with Gasteiger partial charge in [-0.2, -0.15) is 0 Å². The van der Waals surface area contributed by atoms with Crippen LogP contribution < -0.4 is 11.1 Å². The van der Waals surface area contributed by atoms with E-state index in [1.165, 1.54) is 0 Å². The van der Waals surface area contributed by atoms with Gasteiger partial charge < -0.3 is 20.9 Å². The molecular formula is C12H24N2O4. The number of aliphatic carboxylic acids is 1. The van der Waals surface area contributed by atoms with Crippen molar-refractivity contribution in [1.29, 1.82) is 0 Å². The highest BCUT2D eigenvalue weighted by molar-refractivity contribution is 5.83. The predicted molar refractivity (Wildman–Crippen MR) is 68.1 cm³/mol. The number of amides is 1. The molecular weight excluding hydrogens is 236 g/mol. The summed E-state index contributed by atoms with van der Waals surface area (Å²) in [5.74, 6) is -1.16. The smallest absolute Gasteiger partial charge is 0.326 e. The lowest BCUT2D eigenvalue weighted by atomic mass is 10.0. The number of ether oxygens (including phenoxy) is 1. The van der Waals surface area contributed by atoms with Gasteiger partial charge in [-0.1, -0.05) is 13.3 Å².